The van der Waals surface area contributed by atoms with Gasteiger partial charge in [0.15, 0.2) is 0 Å². The lowest BCUT2D eigenvalue weighted by Crippen LogP contribution is -2.50. The van der Waals surface area contributed by atoms with E-state index in [2.05, 4.69) is 36.5 Å². The summed E-state index contributed by atoms with van der Waals surface area (Å²) in [6, 6.07) is 9.54. The molecular formula is C19H24N4O3. The normalized spacial score (nSPS) is 17.3. The molecule has 1 saturated heterocycles. The number of carbonyl (C=O) groups excluding carboxylic acids is 1. The van der Waals surface area contributed by atoms with Crippen LogP contribution in [0.3, 0.4) is 0 Å². The summed E-state index contributed by atoms with van der Waals surface area (Å²) in [4.78, 5) is 38.4. The van der Waals surface area contributed by atoms with Crippen LogP contribution in [0.25, 0.3) is 0 Å². The van der Waals surface area contributed by atoms with Crippen molar-refractivity contribution in [1.29, 1.82) is 0 Å². The van der Waals surface area contributed by atoms with Crippen LogP contribution in [0.15, 0.2) is 46.1 Å². The van der Waals surface area contributed by atoms with E-state index in [9.17, 15) is 14.4 Å². The maximum absolute atomic E-state index is 12.9. The topological polar surface area (TPSA) is 76.3 Å². The number of nitrogens with one attached hydrogen (secondary N) is 1. The number of aryl methyl sites for hydroxylation is 1. The Kier molecular flexibility index (Phi) is 5.37. The van der Waals surface area contributed by atoms with Gasteiger partial charge in [-0.2, -0.15) is 0 Å². The van der Waals surface area contributed by atoms with Gasteiger partial charge >= 0.3 is 5.69 Å². The molecule has 1 aliphatic heterocycles. The molecule has 7 heteroatoms. The summed E-state index contributed by atoms with van der Waals surface area (Å²) in [6.07, 6.45) is 2.36. The van der Waals surface area contributed by atoms with Gasteiger partial charge in [-0.1, -0.05) is 31.2 Å². The lowest BCUT2D eigenvalue weighted by Gasteiger charge is -2.36. The van der Waals surface area contributed by atoms with Gasteiger partial charge in [0.1, 0.15) is 6.54 Å². The molecule has 1 aromatic carbocycles. The lowest BCUT2D eigenvalue weighted by molar-refractivity contribution is -0.135. The Hall–Kier alpha value is -2.67. The van der Waals surface area contributed by atoms with E-state index in [0.29, 0.717) is 13.1 Å². The molecule has 0 bridgehead atoms. The fraction of sp³-hybridized carbons (Fsp3) is 0.421. The average Bonchev–Trinajstić information content (AvgIpc) is 2.68. The van der Waals surface area contributed by atoms with E-state index in [-0.39, 0.29) is 24.1 Å². The molecule has 1 aromatic heterocycles. The number of rotatable bonds is 4. The fourth-order valence-corrected chi connectivity index (χ4v) is 3.25. The Morgan fingerprint density at radius 2 is 1.92 bits per heavy atom. The highest BCUT2D eigenvalue weighted by Crippen LogP contribution is 2.23. The number of amides is 1. The zero-order chi connectivity index (χ0) is 18.7. The minimum absolute atomic E-state index is 0.0645. The summed E-state index contributed by atoms with van der Waals surface area (Å²) >= 11 is 0. The maximum Gasteiger partial charge on any atom is 0.331 e. The summed E-state index contributed by atoms with van der Waals surface area (Å²) in [7, 11) is 1.41. The zero-order valence-corrected chi connectivity index (χ0v) is 15.1. The quantitative estimate of drug-likeness (QED) is 0.854. The first-order valence-electron chi connectivity index (χ1n) is 8.86. The Bertz CT molecular complexity index is 898. The van der Waals surface area contributed by atoms with Gasteiger partial charge in [-0.15, -0.1) is 0 Å². The van der Waals surface area contributed by atoms with Crippen molar-refractivity contribution in [3.63, 3.8) is 0 Å². The van der Waals surface area contributed by atoms with E-state index in [1.165, 1.54) is 29.4 Å². The van der Waals surface area contributed by atoms with Crippen LogP contribution in [0.1, 0.15) is 24.1 Å². The minimum Gasteiger partial charge on any atom is -0.332 e. The number of benzene rings is 1. The van der Waals surface area contributed by atoms with Crippen LogP contribution in [0.5, 0.6) is 0 Å². The molecule has 26 heavy (non-hydrogen) atoms. The second-order valence-electron chi connectivity index (χ2n) is 6.53. The number of aromatic nitrogens is 2. The van der Waals surface area contributed by atoms with Crippen molar-refractivity contribution in [2.75, 3.05) is 19.6 Å². The average molecular weight is 356 g/mol. The molecule has 0 radical (unpaired) electrons. The molecule has 2 heterocycles. The van der Waals surface area contributed by atoms with Crippen LogP contribution in [-0.2, 0) is 24.8 Å². The molecule has 138 valence electrons. The Labute approximate surface area is 151 Å². The third-order valence-corrected chi connectivity index (χ3v) is 4.90. The predicted octanol–water partition coefficient (Wildman–Crippen LogP) is 0.283. The van der Waals surface area contributed by atoms with Crippen molar-refractivity contribution >= 4 is 5.91 Å². The van der Waals surface area contributed by atoms with Crippen LogP contribution >= 0.6 is 0 Å². The first-order chi connectivity index (χ1) is 12.5. The standard InChI is InChI=1S/C19H24N4O3/c1-3-14-4-6-15(7-5-14)16-12-20-9-11-23(16)18(25)13-22-10-8-17(24)21(2)19(22)26/h4-8,10,16,20H,3,9,11-13H2,1-2H3. The maximum atomic E-state index is 12.9. The van der Waals surface area contributed by atoms with Crippen LogP contribution in [0, 0.1) is 0 Å². The van der Waals surface area contributed by atoms with Crippen LogP contribution in [0.4, 0.5) is 0 Å². The monoisotopic (exact) mass is 356 g/mol. The molecule has 7 nitrogen and oxygen atoms in total. The van der Waals surface area contributed by atoms with Crippen molar-refractivity contribution in [3.05, 3.63) is 68.5 Å². The highest BCUT2D eigenvalue weighted by Gasteiger charge is 2.28. The van der Waals surface area contributed by atoms with Gasteiger partial charge in [0.2, 0.25) is 5.91 Å². The van der Waals surface area contributed by atoms with Gasteiger partial charge in [-0.3, -0.25) is 18.7 Å². The number of hydrogen-bond donors (Lipinski definition) is 1. The third-order valence-electron chi connectivity index (χ3n) is 4.90. The van der Waals surface area contributed by atoms with E-state index >= 15 is 0 Å². The van der Waals surface area contributed by atoms with Crippen molar-refractivity contribution in [2.45, 2.75) is 25.9 Å². The number of carbonyl (C=O) groups is 1. The van der Waals surface area contributed by atoms with E-state index in [4.69, 9.17) is 0 Å². The molecule has 0 aliphatic carbocycles. The number of nitrogens with zero attached hydrogens (tertiary/aromatic N) is 3. The molecular weight excluding hydrogens is 332 g/mol. The second kappa shape index (κ2) is 7.70. The first-order valence-corrected chi connectivity index (χ1v) is 8.86. The van der Waals surface area contributed by atoms with E-state index in [1.54, 1.807) is 0 Å². The molecule has 2 aromatic rings. The van der Waals surface area contributed by atoms with Gasteiger partial charge in [0.05, 0.1) is 6.04 Å². The lowest BCUT2D eigenvalue weighted by atomic mass is 10.0. The highest BCUT2D eigenvalue weighted by atomic mass is 16.2. The van der Waals surface area contributed by atoms with Crippen molar-refractivity contribution in [1.82, 2.24) is 19.4 Å². The van der Waals surface area contributed by atoms with E-state index in [0.717, 1.165) is 23.1 Å². The summed E-state index contributed by atoms with van der Waals surface area (Å²) in [6.45, 7) is 4.02. The van der Waals surface area contributed by atoms with Gasteiger partial charge in [-0.25, -0.2) is 4.79 Å². The molecule has 0 spiro atoms. The first kappa shape index (κ1) is 18.1. The Morgan fingerprint density at radius 3 is 2.62 bits per heavy atom. The molecule has 1 amide bonds. The van der Waals surface area contributed by atoms with E-state index in [1.807, 2.05) is 4.90 Å². The molecule has 0 saturated carbocycles. The van der Waals surface area contributed by atoms with Gasteiger partial charge in [-0.05, 0) is 17.5 Å². The van der Waals surface area contributed by atoms with Crippen molar-refractivity contribution < 1.29 is 4.79 Å². The predicted molar refractivity (Wildman–Crippen MR) is 99.1 cm³/mol. The molecule has 1 atom stereocenters. The van der Waals surface area contributed by atoms with Crippen LogP contribution in [0.2, 0.25) is 0 Å². The molecule has 3 rings (SSSR count). The summed E-state index contributed by atoms with van der Waals surface area (Å²) in [5.74, 6) is -0.128. The number of piperazine rings is 1. The van der Waals surface area contributed by atoms with Crippen molar-refractivity contribution in [3.8, 4) is 0 Å². The smallest absolute Gasteiger partial charge is 0.331 e. The Morgan fingerprint density at radius 1 is 1.19 bits per heavy atom. The molecule has 1 aliphatic rings. The second-order valence-corrected chi connectivity index (χ2v) is 6.53. The highest BCUT2D eigenvalue weighted by molar-refractivity contribution is 5.76. The fourth-order valence-electron chi connectivity index (χ4n) is 3.25. The van der Waals surface area contributed by atoms with Gasteiger partial charge in [0, 0.05) is 38.9 Å². The molecule has 1 N–H and O–H groups in total. The van der Waals surface area contributed by atoms with Gasteiger partial charge < -0.3 is 10.2 Å². The zero-order valence-electron chi connectivity index (χ0n) is 15.1. The van der Waals surface area contributed by atoms with Crippen molar-refractivity contribution in [2.24, 2.45) is 7.05 Å². The third kappa shape index (κ3) is 3.62. The minimum atomic E-state index is -0.482. The summed E-state index contributed by atoms with van der Waals surface area (Å²) in [5.41, 5.74) is 1.47. The van der Waals surface area contributed by atoms with E-state index < -0.39 is 5.69 Å². The van der Waals surface area contributed by atoms with Crippen LogP contribution in [-0.4, -0.2) is 39.6 Å². The molecule has 1 unspecified atom stereocenters. The largest absolute Gasteiger partial charge is 0.332 e. The van der Waals surface area contributed by atoms with Crippen LogP contribution < -0.4 is 16.6 Å². The Balaban J connectivity index is 1.83. The van der Waals surface area contributed by atoms with Gasteiger partial charge in [0.25, 0.3) is 5.56 Å². The molecule has 1 fully saturated rings. The number of hydrogen-bond acceptors (Lipinski definition) is 4. The summed E-state index contributed by atoms with van der Waals surface area (Å²) < 4.78 is 2.29. The summed E-state index contributed by atoms with van der Waals surface area (Å²) in [5, 5.41) is 3.33. The SMILES string of the molecule is CCc1ccc(C2CNCCN2C(=O)Cn2ccc(=O)n(C)c2=O)cc1.